The molecule has 0 spiro atoms. The topological polar surface area (TPSA) is 101 Å². The van der Waals surface area contributed by atoms with Gasteiger partial charge in [-0.3, -0.25) is 14.4 Å². The number of hydrogen-bond acceptors (Lipinski definition) is 8. The number of amides is 1. The average molecular weight is 411 g/mol. The molecule has 2 aromatic heterocycles. The van der Waals surface area contributed by atoms with Crippen LogP contribution in [0.25, 0.3) is 0 Å². The number of anilines is 1. The van der Waals surface area contributed by atoms with E-state index >= 15 is 0 Å². The second-order valence-electron chi connectivity index (χ2n) is 5.65. The number of Topliss-reactive ketones (excluding diaryl/α,β-unsaturated/α-hetero) is 1. The van der Waals surface area contributed by atoms with E-state index in [0.29, 0.717) is 23.7 Å². The number of likely N-dealkylation sites (N-methyl/N-ethyl adjacent to an activating group) is 1. The third-order valence-corrected chi connectivity index (χ3v) is 4.81. The Bertz CT molecular complexity index is 810. The third kappa shape index (κ3) is 6.95. The van der Waals surface area contributed by atoms with Gasteiger partial charge < -0.3 is 15.0 Å². The van der Waals surface area contributed by atoms with Gasteiger partial charge in [-0.25, -0.2) is 0 Å². The van der Waals surface area contributed by atoms with Crippen molar-refractivity contribution in [1.29, 1.82) is 0 Å². The molecule has 0 aliphatic rings. The van der Waals surface area contributed by atoms with Crippen LogP contribution in [0.2, 0.25) is 5.15 Å². The molecule has 0 saturated carbocycles. The molecular weight excluding hydrogens is 392 g/mol. The van der Waals surface area contributed by atoms with Crippen LogP contribution in [0, 0.1) is 0 Å². The van der Waals surface area contributed by atoms with Crippen LogP contribution >= 0.6 is 22.9 Å². The van der Waals surface area contributed by atoms with Crippen molar-refractivity contribution in [2.75, 3.05) is 31.6 Å². The largest absolute Gasteiger partial charge is 0.456 e. The molecule has 0 aliphatic heterocycles. The minimum absolute atomic E-state index is 0.0734. The summed E-state index contributed by atoms with van der Waals surface area (Å²) in [7, 11) is 1.65. The summed E-state index contributed by atoms with van der Waals surface area (Å²) in [4.78, 5) is 37.9. The smallest absolute Gasteiger partial charge is 0.326 e. The molecule has 144 valence electrons. The van der Waals surface area contributed by atoms with E-state index in [9.17, 15) is 14.4 Å². The van der Waals surface area contributed by atoms with E-state index in [-0.39, 0.29) is 30.0 Å². The standard InChI is InChI=1S/C17H19ClN4O4S/c1-11(23)19-8-7-12-3-4-14(27-12)13(24)10-26-17(25)9-22(2)16-6-5-15(18)20-21-16/h3-6H,7-10H2,1-2H3,(H,19,23). The van der Waals surface area contributed by atoms with E-state index in [2.05, 4.69) is 15.5 Å². The fourth-order valence-corrected chi connectivity index (χ4v) is 3.11. The average Bonchev–Trinajstić information content (AvgIpc) is 3.09. The Kier molecular flexibility index (Phi) is 7.68. The van der Waals surface area contributed by atoms with E-state index in [1.165, 1.54) is 18.3 Å². The Morgan fingerprint density at radius 3 is 2.67 bits per heavy atom. The van der Waals surface area contributed by atoms with E-state index in [4.69, 9.17) is 16.3 Å². The Hall–Kier alpha value is -2.52. The number of nitrogens with one attached hydrogen (secondary N) is 1. The highest BCUT2D eigenvalue weighted by Crippen LogP contribution is 2.17. The van der Waals surface area contributed by atoms with Gasteiger partial charge in [-0.1, -0.05) is 11.6 Å². The fourth-order valence-electron chi connectivity index (χ4n) is 2.07. The zero-order valence-corrected chi connectivity index (χ0v) is 16.5. The molecule has 0 unspecified atom stereocenters. The number of aromatic nitrogens is 2. The van der Waals surface area contributed by atoms with Gasteiger partial charge in [-0.15, -0.1) is 21.5 Å². The lowest BCUT2D eigenvalue weighted by atomic mass is 10.3. The minimum Gasteiger partial charge on any atom is -0.456 e. The number of carbonyl (C=O) groups is 3. The Labute approximate surface area is 165 Å². The molecule has 2 rings (SSSR count). The molecule has 2 heterocycles. The van der Waals surface area contributed by atoms with Crippen molar-refractivity contribution >= 4 is 46.4 Å². The van der Waals surface area contributed by atoms with Crippen LogP contribution in [0.15, 0.2) is 24.3 Å². The van der Waals surface area contributed by atoms with E-state index in [1.54, 1.807) is 30.1 Å². The van der Waals surface area contributed by atoms with Gasteiger partial charge in [0.2, 0.25) is 11.7 Å². The van der Waals surface area contributed by atoms with Crippen LogP contribution in [0.3, 0.4) is 0 Å². The van der Waals surface area contributed by atoms with Crippen LogP contribution in [0.5, 0.6) is 0 Å². The summed E-state index contributed by atoms with van der Waals surface area (Å²) in [6.45, 7) is 1.56. The second-order valence-corrected chi connectivity index (χ2v) is 7.21. The molecule has 2 aromatic rings. The zero-order chi connectivity index (χ0) is 19.8. The number of rotatable bonds is 9. The molecule has 0 radical (unpaired) electrons. The molecule has 0 aliphatic carbocycles. The lowest BCUT2D eigenvalue weighted by molar-refractivity contribution is -0.140. The third-order valence-electron chi connectivity index (χ3n) is 3.42. The maximum atomic E-state index is 12.2. The van der Waals surface area contributed by atoms with Gasteiger partial charge in [0.25, 0.3) is 0 Å². The first-order valence-corrected chi connectivity index (χ1v) is 9.27. The number of hydrogen-bond donors (Lipinski definition) is 1. The van der Waals surface area contributed by atoms with E-state index in [0.717, 1.165) is 4.88 Å². The second kappa shape index (κ2) is 9.98. The van der Waals surface area contributed by atoms with Crippen LogP contribution in [0.1, 0.15) is 21.5 Å². The van der Waals surface area contributed by atoms with Crippen molar-refractivity contribution in [3.05, 3.63) is 39.2 Å². The highest BCUT2D eigenvalue weighted by atomic mass is 35.5. The Morgan fingerprint density at radius 1 is 1.22 bits per heavy atom. The van der Waals surface area contributed by atoms with Gasteiger partial charge in [-0.05, 0) is 30.7 Å². The van der Waals surface area contributed by atoms with Crippen molar-refractivity contribution in [3.63, 3.8) is 0 Å². The van der Waals surface area contributed by atoms with Crippen LogP contribution in [0.4, 0.5) is 5.82 Å². The molecule has 1 N–H and O–H groups in total. The minimum atomic E-state index is -0.551. The quantitative estimate of drug-likeness (QED) is 0.496. The van der Waals surface area contributed by atoms with Gasteiger partial charge in [0.05, 0.1) is 4.88 Å². The summed E-state index contributed by atoms with van der Waals surface area (Å²) in [6, 6.07) is 6.71. The fraction of sp³-hybridized carbons (Fsp3) is 0.353. The van der Waals surface area contributed by atoms with Gasteiger partial charge in [-0.2, -0.15) is 0 Å². The van der Waals surface area contributed by atoms with Crippen molar-refractivity contribution in [2.45, 2.75) is 13.3 Å². The maximum Gasteiger partial charge on any atom is 0.326 e. The van der Waals surface area contributed by atoms with Gasteiger partial charge in [0.15, 0.2) is 17.6 Å². The van der Waals surface area contributed by atoms with Gasteiger partial charge >= 0.3 is 5.97 Å². The Balaban J connectivity index is 1.77. The number of esters is 1. The highest BCUT2D eigenvalue weighted by Gasteiger charge is 2.15. The number of thiophene rings is 1. The Morgan fingerprint density at radius 2 is 2.00 bits per heavy atom. The first-order chi connectivity index (χ1) is 12.8. The maximum absolute atomic E-state index is 12.2. The van der Waals surface area contributed by atoms with Crippen molar-refractivity contribution in [2.24, 2.45) is 0 Å². The van der Waals surface area contributed by atoms with E-state index in [1.807, 2.05) is 6.07 Å². The van der Waals surface area contributed by atoms with Crippen molar-refractivity contribution in [3.8, 4) is 0 Å². The SMILES string of the molecule is CC(=O)NCCc1ccc(C(=O)COC(=O)CN(C)c2ccc(Cl)nn2)s1. The number of ketones is 1. The molecule has 0 fully saturated rings. The van der Waals surface area contributed by atoms with Gasteiger partial charge in [0.1, 0.15) is 6.54 Å². The number of carbonyl (C=O) groups excluding carboxylic acids is 3. The highest BCUT2D eigenvalue weighted by molar-refractivity contribution is 7.14. The summed E-state index contributed by atoms with van der Waals surface area (Å²) in [6.07, 6.45) is 0.643. The molecule has 0 atom stereocenters. The summed E-state index contributed by atoms with van der Waals surface area (Å²) in [5.74, 6) is -0.452. The molecule has 8 nitrogen and oxygen atoms in total. The summed E-state index contributed by atoms with van der Waals surface area (Å²) in [5, 5.41) is 10.5. The predicted molar refractivity (Wildman–Crippen MR) is 102 cm³/mol. The molecule has 1 amide bonds. The summed E-state index contributed by atoms with van der Waals surface area (Å²) < 4.78 is 5.04. The van der Waals surface area contributed by atoms with Crippen molar-refractivity contribution < 1.29 is 19.1 Å². The lowest BCUT2D eigenvalue weighted by Crippen LogP contribution is -2.29. The first kappa shape index (κ1) is 20.8. The van der Waals surface area contributed by atoms with Crippen LogP contribution in [-0.4, -0.2) is 54.6 Å². The van der Waals surface area contributed by atoms with Crippen LogP contribution < -0.4 is 10.2 Å². The van der Waals surface area contributed by atoms with Crippen molar-refractivity contribution in [1.82, 2.24) is 15.5 Å². The number of nitrogens with zero attached hydrogens (tertiary/aromatic N) is 3. The molecule has 0 bridgehead atoms. The molecular formula is C17H19ClN4O4S. The molecule has 27 heavy (non-hydrogen) atoms. The number of halogens is 1. The first-order valence-electron chi connectivity index (χ1n) is 8.07. The summed E-state index contributed by atoms with van der Waals surface area (Å²) in [5.41, 5.74) is 0. The van der Waals surface area contributed by atoms with Crippen LogP contribution in [-0.2, 0) is 20.7 Å². The normalized spacial score (nSPS) is 10.3. The van der Waals surface area contributed by atoms with E-state index < -0.39 is 5.97 Å². The molecule has 10 heteroatoms. The number of ether oxygens (including phenoxy) is 1. The zero-order valence-electron chi connectivity index (χ0n) is 14.9. The summed E-state index contributed by atoms with van der Waals surface area (Å²) >= 11 is 6.99. The molecule has 0 saturated heterocycles. The monoisotopic (exact) mass is 410 g/mol. The van der Waals surface area contributed by atoms with Gasteiger partial charge in [0, 0.05) is 25.4 Å². The molecule has 0 aromatic carbocycles. The lowest BCUT2D eigenvalue weighted by Gasteiger charge is -2.16. The predicted octanol–water partition coefficient (Wildman–Crippen LogP) is 1.73.